The van der Waals surface area contributed by atoms with Gasteiger partial charge < -0.3 is 19.5 Å². The van der Waals surface area contributed by atoms with Gasteiger partial charge in [0.05, 0.1) is 13.2 Å². The third-order valence-electron chi connectivity index (χ3n) is 3.82. The Kier molecular flexibility index (Phi) is 5.18. The number of rotatable bonds is 5. The van der Waals surface area contributed by atoms with Crippen LogP contribution in [0.15, 0.2) is 48.5 Å². The Morgan fingerprint density at radius 1 is 1.00 bits per heavy atom. The average Bonchev–Trinajstić information content (AvgIpc) is 2.85. The van der Waals surface area contributed by atoms with Gasteiger partial charge in [-0.05, 0) is 23.8 Å². The molecule has 6 heteroatoms. The van der Waals surface area contributed by atoms with Crippen molar-refractivity contribution in [3.8, 4) is 11.5 Å². The molecule has 2 aromatic rings. The Bertz CT molecular complexity index is 760. The lowest BCUT2D eigenvalue weighted by Gasteiger charge is -2.21. The largest absolute Gasteiger partial charge is 0.490 e. The maximum Gasteiger partial charge on any atom is 0.323 e. The summed E-state index contributed by atoms with van der Waals surface area (Å²) in [5.74, 6) is -0.305. The van der Waals surface area contributed by atoms with Gasteiger partial charge in [-0.15, -0.1) is 0 Å². The molecule has 0 spiro atoms. The van der Waals surface area contributed by atoms with Gasteiger partial charge in [0.1, 0.15) is 6.54 Å². The van der Waals surface area contributed by atoms with Crippen LogP contribution < -0.4 is 9.47 Å². The van der Waals surface area contributed by atoms with E-state index in [0.29, 0.717) is 30.3 Å². The highest BCUT2D eigenvalue weighted by molar-refractivity contribution is 5.96. The lowest BCUT2D eigenvalue weighted by atomic mass is 10.1. The first-order chi connectivity index (χ1) is 12.1. The number of carbonyl (C=O) groups excluding carboxylic acids is 1. The monoisotopic (exact) mass is 341 g/mol. The van der Waals surface area contributed by atoms with E-state index >= 15 is 0 Å². The van der Waals surface area contributed by atoms with Gasteiger partial charge in [-0.3, -0.25) is 9.59 Å². The summed E-state index contributed by atoms with van der Waals surface area (Å²) < 4.78 is 11.2. The van der Waals surface area contributed by atoms with Crippen molar-refractivity contribution in [1.82, 2.24) is 4.90 Å². The number of nitrogens with zero attached hydrogens (tertiary/aromatic N) is 1. The molecule has 0 radical (unpaired) electrons. The van der Waals surface area contributed by atoms with E-state index in [4.69, 9.17) is 14.6 Å². The molecule has 0 saturated heterocycles. The summed E-state index contributed by atoms with van der Waals surface area (Å²) in [5.41, 5.74) is 1.24. The van der Waals surface area contributed by atoms with E-state index in [1.807, 2.05) is 30.3 Å². The minimum absolute atomic E-state index is 0.223. The molecule has 0 atom stereocenters. The van der Waals surface area contributed by atoms with Gasteiger partial charge in [0, 0.05) is 18.5 Å². The van der Waals surface area contributed by atoms with Crippen molar-refractivity contribution >= 4 is 11.9 Å². The first-order valence-corrected chi connectivity index (χ1v) is 8.08. The summed E-state index contributed by atoms with van der Waals surface area (Å²) >= 11 is 0. The smallest absolute Gasteiger partial charge is 0.323 e. The van der Waals surface area contributed by atoms with E-state index in [2.05, 4.69) is 0 Å². The Labute approximate surface area is 145 Å². The highest BCUT2D eigenvalue weighted by Gasteiger charge is 2.21. The van der Waals surface area contributed by atoms with Crippen LogP contribution in [0, 0.1) is 0 Å². The number of hydrogen-bond donors (Lipinski definition) is 1. The maximum atomic E-state index is 12.8. The topological polar surface area (TPSA) is 76.1 Å². The van der Waals surface area contributed by atoms with Crippen molar-refractivity contribution in [3.63, 3.8) is 0 Å². The number of benzene rings is 2. The second-order valence-electron chi connectivity index (χ2n) is 5.75. The van der Waals surface area contributed by atoms with Gasteiger partial charge in [0.25, 0.3) is 5.91 Å². The summed E-state index contributed by atoms with van der Waals surface area (Å²) in [7, 11) is 0. The van der Waals surface area contributed by atoms with Crippen molar-refractivity contribution in [1.29, 1.82) is 0 Å². The molecule has 1 amide bonds. The zero-order chi connectivity index (χ0) is 17.6. The van der Waals surface area contributed by atoms with Crippen molar-refractivity contribution in [2.45, 2.75) is 13.0 Å². The number of carboxylic acids is 1. The highest BCUT2D eigenvalue weighted by atomic mass is 16.5. The number of aliphatic carboxylic acids is 1. The molecule has 1 aliphatic rings. The summed E-state index contributed by atoms with van der Waals surface area (Å²) in [6, 6.07) is 14.2. The second-order valence-corrected chi connectivity index (χ2v) is 5.75. The minimum Gasteiger partial charge on any atom is -0.490 e. The normalized spacial score (nSPS) is 13.0. The minimum atomic E-state index is -1.06. The first kappa shape index (κ1) is 16.8. The van der Waals surface area contributed by atoms with Crippen molar-refractivity contribution < 1.29 is 24.2 Å². The number of fused-ring (bicyclic) bond motifs is 1. The van der Waals surface area contributed by atoms with Gasteiger partial charge in [-0.1, -0.05) is 30.3 Å². The Morgan fingerprint density at radius 3 is 2.44 bits per heavy atom. The standard InChI is InChI=1S/C19H19NO5/c21-18(22)13-20(12-14-5-2-1-3-6-14)19(23)15-7-8-16-17(11-15)25-10-4-9-24-16/h1-3,5-8,11H,4,9-10,12-13H2,(H,21,22). The van der Waals surface area contributed by atoms with Gasteiger partial charge in [-0.2, -0.15) is 0 Å². The molecule has 1 aliphatic heterocycles. The molecule has 0 bridgehead atoms. The third kappa shape index (κ3) is 4.29. The number of carboxylic acid groups (broad SMARTS) is 1. The van der Waals surface area contributed by atoms with Crippen molar-refractivity contribution in [2.24, 2.45) is 0 Å². The lowest BCUT2D eigenvalue weighted by Crippen LogP contribution is -2.35. The zero-order valence-corrected chi connectivity index (χ0v) is 13.7. The van der Waals surface area contributed by atoms with Gasteiger partial charge in [-0.25, -0.2) is 0 Å². The zero-order valence-electron chi connectivity index (χ0n) is 13.7. The van der Waals surface area contributed by atoms with Crippen LogP contribution in [0.2, 0.25) is 0 Å². The second kappa shape index (κ2) is 7.70. The Balaban J connectivity index is 1.84. The van der Waals surface area contributed by atoms with E-state index in [1.165, 1.54) is 4.90 Å². The van der Waals surface area contributed by atoms with Crippen LogP contribution in [0.3, 0.4) is 0 Å². The third-order valence-corrected chi connectivity index (χ3v) is 3.82. The maximum absolute atomic E-state index is 12.8. The van der Waals surface area contributed by atoms with Crippen molar-refractivity contribution in [3.05, 3.63) is 59.7 Å². The lowest BCUT2D eigenvalue weighted by molar-refractivity contribution is -0.137. The van der Waals surface area contributed by atoms with Crippen LogP contribution in [0.1, 0.15) is 22.3 Å². The van der Waals surface area contributed by atoms with Crippen molar-refractivity contribution in [2.75, 3.05) is 19.8 Å². The summed E-state index contributed by atoms with van der Waals surface area (Å²) in [6.07, 6.45) is 0.775. The van der Waals surface area contributed by atoms with E-state index in [-0.39, 0.29) is 19.0 Å². The predicted molar refractivity (Wildman–Crippen MR) is 90.9 cm³/mol. The van der Waals surface area contributed by atoms with Crippen LogP contribution >= 0.6 is 0 Å². The molecule has 1 heterocycles. The van der Waals surface area contributed by atoms with Gasteiger partial charge in [0.15, 0.2) is 11.5 Å². The van der Waals surface area contributed by atoms with Crippen LogP contribution in [0.5, 0.6) is 11.5 Å². The quantitative estimate of drug-likeness (QED) is 0.904. The summed E-state index contributed by atoms with van der Waals surface area (Å²) in [4.78, 5) is 25.3. The number of amides is 1. The number of ether oxygens (including phenoxy) is 2. The van der Waals surface area contributed by atoms with Crippen LogP contribution in [-0.4, -0.2) is 41.6 Å². The summed E-state index contributed by atoms with van der Waals surface area (Å²) in [6.45, 7) is 0.940. The molecule has 6 nitrogen and oxygen atoms in total. The van der Waals surface area contributed by atoms with E-state index in [0.717, 1.165) is 12.0 Å². The van der Waals surface area contributed by atoms with Crippen LogP contribution in [-0.2, 0) is 11.3 Å². The fourth-order valence-corrected chi connectivity index (χ4v) is 2.65. The van der Waals surface area contributed by atoms with Gasteiger partial charge in [0.2, 0.25) is 0 Å². The Morgan fingerprint density at radius 2 is 1.72 bits per heavy atom. The van der Waals surface area contributed by atoms with Crippen LogP contribution in [0.4, 0.5) is 0 Å². The first-order valence-electron chi connectivity index (χ1n) is 8.08. The fourth-order valence-electron chi connectivity index (χ4n) is 2.65. The fraction of sp³-hybridized carbons (Fsp3) is 0.263. The molecule has 130 valence electrons. The molecule has 0 fully saturated rings. The molecule has 0 unspecified atom stereocenters. The molecule has 25 heavy (non-hydrogen) atoms. The number of hydrogen-bond acceptors (Lipinski definition) is 4. The predicted octanol–water partition coefficient (Wildman–Crippen LogP) is 2.57. The number of carbonyl (C=O) groups is 2. The summed E-state index contributed by atoms with van der Waals surface area (Å²) in [5, 5.41) is 9.15. The molecule has 1 N–H and O–H groups in total. The highest BCUT2D eigenvalue weighted by Crippen LogP contribution is 2.31. The molecular weight excluding hydrogens is 322 g/mol. The SMILES string of the molecule is O=C(O)CN(Cc1ccccc1)C(=O)c1ccc2c(c1)OCCCO2. The van der Waals surface area contributed by atoms with Gasteiger partial charge >= 0.3 is 5.97 Å². The molecule has 3 rings (SSSR count). The van der Waals surface area contributed by atoms with E-state index in [9.17, 15) is 9.59 Å². The molecule has 2 aromatic carbocycles. The van der Waals surface area contributed by atoms with E-state index in [1.54, 1.807) is 18.2 Å². The molecule has 0 aliphatic carbocycles. The molecular formula is C19H19NO5. The molecule has 0 saturated carbocycles. The van der Waals surface area contributed by atoms with E-state index < -0.39 is 5.97 Å². The van der Waals surface area contributed by atoms with Crippen LogP contribution in [0.25, 0.3) is 0 Å². The average molecular weight is 341 g/mol. The molecule has 0 aromatic heterocycles. The Hall–Kier alpha value is -3.02.